The van der Waals surface area contributed by atoms with Crippen molar-refractivity contribution in [3.8, 4) is 0 Å². The number of carbonyl (C=O) groups excluding carboxylic acids is 1. The lowest BCUT2D eigenvalue weighted by Crippen LogP contribution is -2.15. The Hall–Kier alpha value is -0.760. The third-order valence-corrected chi connectivity index (χ3v) is 3.37. The van der Waals surface area contributed by atoms with Gasteiger partial charge in [0, 0.05) is 21.1 Å². The maximum absolute atomic E-state index is 11.4. The van der Waals surface area contributed by atoms with E-state index in [-0.39, 0.29) is 0 Å². The summed E-state index contributed by atoms with van der Waals surface area (Å²) in [5, 5.41) is 8.37. The molecule has 12 heavy (non-hydrogen) atoms. The van der Waals surface area contributed by atoms with Gasteiger partial charge in [0.15, 0.2) is 0 Å². The summed E-state index contributed by atoms with van der Waals surface area (Å²) >= 11 is 0. The van der Waals surface area contributed by atoms with Crippen molar-refractivity contribution in [3.05, 3.63) is 4.98 Å². The van der Waals surface area contributed by atoms with Gasteiger partial charge in [-0.15, -0.1) is 0 Å². The van der Waals surface area contributed by atoms with E-state index in [9.17, 15) is 9.36 Å². The van der Waals surface area contributed by atoms with Crippen LogP contribution >= 0.6 is 7.60 Å². The van der Waals surface area contributed by atoms with E-state index < -0.39 is 19.2 Å². The molecule has 0 aromatic carbocycles. The predicted molar refractivity (Wildman–Crippen MR) is 41.2 cm³/mol. The summed E-state index contributed by atoms with van der Waals surface area (Å²) in [4.78, 5) is 13.4. The van der Waals surface area contributed by atoms with Gasteiger partial charge in [0.1, 0.15) is 4.98 Å². The molecule has 68 valence electrons. The Kier molecular flexibility index (Phi) is 4.04. The number of Topliss-reactive ketones (excluding diaryl/α,β-unsaturated/α-hetero) is 1. The standard InChI is InChI=1S/C5H10N2O4P/c1-4(8)5(7-6)12(9,10-2)11-3/h5H,1-3H3/q+1/t5-/m0/s1. The molecule has 0 spiro atoms. The first-order valence-corrected chi connectivity index (χ1v) is 4.69. The van der Waals surface area contributed by atoms with Crippen molar-refractivity contribution < 1.29 is 18.4 Å². The molecule has 7 heteroatoms. The lowest BCUT2D eigenvalue weighted by atomic mass is 10.5. The highest BCUT2D eigenvalue weighted by Gasteiger charge is 2.49. The molecule has 0 aliphatic heterocycles. The Morgan fingerprint density at radius 3 is 2.00 bits per heavy atom. The van der Waals surface area contributed by atoms with Crippen LogP contribution in [0.3, 0.4) is 0 Å². The minimum absolute atomic E-state index is 0.579. The van der Waals surface area contributed by atoms with Crippen LogP contribution in [0.1, 0.15) is 6.92 Å². The normalized spacial score (nSPS) is 13.5. The third-order valence-electron chi connectivity index (χ3n) is 1.28. The summed E-state index contributed by atoms with van der Waals surface area (Å²) < 4.78 is 20.3. The van der Waals surface area contributed by atoms with E-state index in [4.69, 9.17) is 5.39 Å². The molecule has 6 nitrogen and oxygen atoms in total. The summed E-state index contributed by atoms with van der Waals surface area (Å²) in [5.41, 5.74) is 0. The fourth-order valence-corrected chi connectivity index (χ4v) is 1.76. The van der Waals surface area contributed by atoms with E-state index >= 15 is 0 Å². The molecule has 0 saturated carbocycles. The fourth-order valence-electron chi connectivity index (χ4n) is 0.641. The van der Waals surface area contributed by atoms with Crippen molar-refractivity contribution in [3.63, 3.8) is 0 Å². The van der Waals surface area contributed by atoms with Crippen molar-refractivity contribution in [1.29, 1.82) is 5.39 Å². The van der Waals surface area contributed by atoms with Gasteiger partial charge in [-0.25, -0.2) is 0 Å². The number of carbonyl (C=O) groups is 1. The Bertz CT molecular complexity index is 251. The van der Waals surface area contributed by atoms with Crippen LogP contribution in [-0.4, -0.2) is 25.8 Å². The molecule has 0 saturated heterocycles. The Morgan fingerprint density at radius 1 is 1.50 bits per heavy atom. The molecular weight excluding hydrogens is 183 g/mol. The molecule has 0 aromatic heterocycles. The van der Waals surface area contributed by atoms with E-state index in [1.807, 2.05) is 0 Å². The van der Waals surface area contributed by atoms with Crippen LogP contribution in [0.25, 0.3) is 4.98 Å². The van der Waals surface area contributed by atoms with Crippen LogP contribution in [0, 0.1) is 5.39 Å². The van der Waals surface area contributed by atoms with E-state index in [1.54, 1.807) is 0 Å². The molecule has 0 unspecified atom stereocenters. The van der Waals surface area contributed by atoms with Crippen LogP contribution in [0.5, 0.6) is 0 Å². The van der Waals surface area contributed by atoms with Gasteiger partial charge in [0.25, 0.3) is 0 Å². The first kappa shape index (κ1) is 11.2. The van der Waals surface area contributed by atoms with Crippen LogP contribution < -0.4 is 0 Å². The number of nitrogens with zero attached hydrogens (tertiary/aromatic N) is 2. The average molecular weight is 193 g/mol. The molecule has 0 fully saturated rings. The zero-order valence-electron chi connectivity index (χ0n) is 7.05. The van der Waals surface area contributed by atoms with E-state index in [2.05, 4.69) is 14.0 Å². The SMILES string of the molecule is COP(=O)(OC)[C@H]([N+]#N)C(C)=O. The largest absolute Gasteiger partial charge is 0.466 e. The van der Waals surface area contributed by atoms with Crippen LogP contribution in [0.4, 0.5) is 0 Å². The molecule has 0 N–H and O–H groups in total. The minimum atomic E-state index is -3.61. The van der Waals surface area contributed by atoms with E-state index in [0.29, 0.717) is 0 Å². The summed E-state index contributed by atoms with van der Waals surface area (Å²) in [6.45, 7) is 1.13. The maximum Gasteiger partial charge on any atom is 0.466 e. The van der Waals surface area contributed by atoms with Gasteiger partial charge in [0.05, 0.1) is 0 Å². The molecule has 0 aromatic rings. The molecule has 0 heterocycles. The van der Waals surface area contributed by atoms with Crippen molar-refractivity contribution in [2.24, 2.45) is 0 Å². The topological polar surface area (TPSA) is 80.8 Å². The number of diazo groups is 1. The fraction of sp³-hybridized carbons (Fsp3) is 0.800. The zero-order valence-corrected chi connectivity index (χ0v) is 7.95. The van der Waals surface area contributed by atoms with Gasteiger partial charge in [0.2, 0.25) is 11.2 Å². The molecule has 0 bridgehead atoms. The van der Waals surface area contributed by atoms with Crippen molar-refractivity contribution in [2.75, 3.05) is 14.2 Å². The van der Waals surface area contributed by atoms with E-state index in [0.717, 1.165) is 21.1 Å². The van der Waals surface area contributed by atoms with Crippen molar-refractivity contribution in [2.45, 2.75) is 12.7 Å². The monoisotopic (exact) mass is 193 g/mol. The smallest absolute Gasteiger partial charge is 0.306 e. The van der Waals surface area contributed by atoms with Crippen LogP contribution in [-0.2, 0) is 18.4 Å². The lowest BCUT2D eigenvalue weighted by molar-refractivity contribution is -0.116. The van der Waals surface area contributed by atoms with Gasteiger partial charge in [-0.2, -0.15) is 0 Å². The number of hydrogen-bond acceptors (Lipinski definition) is 5. The second-order valence-electron chi connectivity index (χ2n) is 2.00. The Morgan fingerprint density at radius 2 is 1.92 bits per heavy atom. The first-order valence-electron chi connectivity index (χ1n) is 3.07. The molecule has 1 atom stereocenters. The van der Waals surface area contributed by atoms with Crippen LogP contribution in [0.15, 0.2) is 0 Å². The highest BCUT2D eigenvalue weighted by molar-refractivity contribution is 7.55. The Labute approximate surface area is 70.0 Å². The lowest BCUT2D eigenvalue weighted by Gasteiger charge is -2.08. The number of rotatable bonds is 4. The van der Waals surface area contributed by atoms with Gasteiger partial charge in [-0.1, -0.05) is 0 Å². The number of ketones is 1. The summed E-state index contributed by atoms with van der Waals surface area (Å²) in [5.74, 6) is -2.03. The first-order chi connectivity index (χ1) is 5.51. The highest BCUT2D eigenvalue weighted by atomic mass is 31.2. The summed E-state index contributed by atoms with van der Waals surface area (Å²) in [6.07, 6.45) is 0. The molecule has 0 aliphatic carbocycles. The van der Waals surface area contributed by atoms with Gasteiger partial charge in [-0.05, 0) is 0 Å². The van der Waals surface area contributed by atoms with Crippen LogP contribution in [0.2, 0.25) is 0 Å². The summed E-state index contributed by atoms with van der Waals surface area (Å²) in [6, 6.07) is 0. The minimum Gasteiger partial charge on any atom is -0.306 e. The predicted octanol–water partition coefficient (Wildman–Crippen LogP) is 1.24. The van der Waals surface area contributed by atoms with Gasteiger partial charge < -0.3 is 9.05 Å². The average Bonchev–Trinajstić information content (AvgIpc) is 2.04. The van der Waals surface area contributed by atoms with Crippen molar-refractivity contribution in [1.82, 2.24) is 0 Å². The molecule has 0 rings (SSSR count). The molecule has 0 amide bonds. The number of hydrogen-bond donors (Lipinski definition) is 0. The Balaban J connectivity index is 4.84. The molecule has 0 aliphatic rings. The van der Waals surface area contributed by atoms with E-state index in [1.165, 1.54) is 0 Å². The second kappa shape index (κ2) is 4.31. The maximum atomic E-state index is 11.4. The molecular formula is C5H10N2O4P+. The van der Waals surface area contributed by atoms with Crippen molar-refractivity contribution >= 4 is 13.4 Å². The zero-order chi connectivity index (χ0) is 9.78. The second-order valence-corrected chi connectivity index (χ2v) is 4.30. The van der Waals surface area contributed by atoms with Gasteiger partial charge in [-0.3, -0.25) is 9.36 Å². The summed E-state index contributed by atoms with van der Waals surface area (Å²) in [7, 11) is -1.38. The highest BCUT2D eigenvalue weighted by Crippen LogP contribution is 2.52. The third kappa shape index (κ3) is 2.11. The molecule has 0 radical (unpaired) electrons. The quantitative estimate of drug-likeness (QED) is 0.495. The van der Waals surface area contributed by atoms with Gasteiger partial charge >= 0.3 is 13.4 Å².